The van der Waals surface area contributed by atoms with Gasteiger partial charge in [0, 0.05) is 11.3 Å². The van der Waals surface area contributed by atoms with E-state index in [0.717, 1.165) is 5.56 Å². The molecule has 0 atom stereocenters. The summed E-state index contributed by atoms with van der Waals surface area (Å²) in [6.07, 6.45) is 0. The third-order valence-electron chi connectivity index (χ3n) is 3.94. The van der Waals surface area contributed by atoms with E-state index in [1.807, 2.05) is 6.07 Å². The van der Waals surface area contributed by atoms with Gasteiger partial charge in [-0.2, -0.15) is 5.10 Å². The SMILES string of the molecule is COc1ccc(-c2n[nH]c(C)c2NC(=O)Nc2ccc(F)cc2)cc1OC. The van der Waals surface area contributed by atoms with Crippen molar-refractivity contribution in [3.63, 3.8) is 0 Å². The van der Waals surface area contributed by atoms with Gasteiger partial charge in [0.1, 0.15) is 11.5 Å². The number of amides is 2. The molecule has 27 heavy (non-hydrogen) atoms. The Morgan fingerprint density at radius 1 is 1.04 bits per heavy atom. The maximum atomic E-state index is 13.0. The second-order valence-electron chi connectivity index (χ2n) is 5.73. The maximum Gasteiger partial charge on any atom is 0.323 e. The van der Waals surface area contributed by atoms with Gasteiger partial charge in [0.15, 0.2) is 11.5 Å². The van der Waals surface area contributed by atoms with Gasteiger partial charge in [-0.1, -0.05) is 0 Å². The van der Waals surface area contributed by atoms with Crippen LogP contribution in [0.1, 0.15) is 5.69 Å². The Morgan fingerprint density at radius 3 is 2.41 bits per heavy atom. The van der Waals surface area contributed by atoms with E-state index in [0.29, 0.717) is 34.3 Å². The van der Waals surface area contributed by atoms with E-state index in [4.69, 9.17) is 9.47 Å². The van der Waals surface area contributed by atoms with Gasteiger partial charge in [0.25, 0.3) is 0 Å². The molecule has 2 aromatic carbocycles. The van der Waals surface area contributed by atoms with Crippen molar-refractivity contribution in [1.82, 2.24) is 10.2 Å². The fourth-order valence-electron chi connectivity index (χ4n) is 2.58. The molecule has 0 bridgehead atoms. The second kappa shape index (κ2) is 7.77. The largest absolute Gasteiger partial charge is 0.493 e. The maximum absolute atomic E-state index is 13.0. The first-order chi connectivity index (χ1) is 13.0. The first-order valence-corrected chi connectivity index (χ1v) is 8.12. The zero-order valence-corrected chi connectivity index (χ0v) is 15.1. The standard InChI is InChI=1S/C19H19FN4O3/c1-11-17(22-19(25)21-14-7-5-13(20)6-8-14)18(24-23-11)12-4-9-15(26-2)16(10-12)27-3/h4-10H,1-3H3,(H,23,24)(H2,21,22,25). The highest BCUT2D eigenvalue weighted by atomic mass is 19.1. The van der Waals surface area contributed by atoms with Crippen molar-refractivity contribution in [3.8, 4) is 22.8 Å². The van der Waals surface area contributed by atoms with Gasteiger partial charge in [0.05, 0.1) is 25.6 Å². The molecule has 0 aliphatic rings. The number of nitrogens with zero attached hydrogens (tertiary/aromatic N) is 1. The summed E-state index contributed by atoms with van der Waals surface area (Å²) in [5.41, 5.74) is 3.00. The van der Waals surface area contributed by atoms with Crippen molar-refractivity contribution in [2.75, 3.05) is 24.9 Å². The number of hydrogen-bond acceptors (Lipinski definition) is 4. The van der Waals surface area contributed by atoms with E-state index in [1.54, 1.807) is 33.3 Å². The molecule has 0 aliphatic heterocycles. The van der Waals surface area contributed by atoms with Crippen LogP contribution in [0, 0.1) is 12.7 Å². The number of carbonyl (C=O) groups is 1. The van der Waals surface area contributed by atoms with E-state index in [-0.39, 0.29) is 5.82 Å². The molecule has 0 saturated carbocycles. The van der Waals surface area contributed by atoms with E-state index in [9.17, 15) is 9.18 Å². The molecule has 1 aromatic heterocycles. The van der Waals surface area contributed by atoms with Crippen LogP contribution in [0.4, 0.5) is 20.6 Å². The highest BCUT2D eigenvalue weighted by molar-refractivity contribution is 6.02. The third kappa shape index (κ3) is 4.00. The molecular formula is C19H19FN4O3. The van der Waals surface area contributed by atoms with E-state index < -0.39 is 6.03 Å². The van der Waals surface area contributed by atoms with Crippen LogP contribution in [0.3, 0.4) is 0 Å². The van der Waals surface area contributed by atoms with Crippen molar-refractivity contribution in [1.29, 1.82) is 0 Å². The first-order valence-electron chi connectivity index (χ1n) is 8.12. The van der Waals surface area contributed by atoms with Gasteiger partial charge in [-0.15, -0.1) is 0 Å². The van der Waals surface area contributed by atoms with E-state index >= 15 is 0 Å². The third-order valence-corrected chi connectivity index (χ3v) is 3.94. The van der Waals surface area contributed by atoms with Crippen LogP contribution in [-0.2, 0) is 0 Å². The van der Waals surface area contributed by atoms with Gasteiger partial charge in [0.2, 0.25) is 0 Å². The number of urea groups is 1. The predicted octanol–water partition coefficient (Wildman–Crippen LogP) is 4.19. The minimum atomic E-state index is -0.465. The van der Waals surface area contributed by atoms with Gasteiger partial charge < -0.3 is 20.1 Å². The number of aryl methyl sites for hydroxylation is 1. The van der Waals surface area contributed by atoms with Crippen LogP contribution in [0.25, 0.3) is 11.3 Å². The molecule has 3 rings (SSSR count). The zero-order chi connectivity index (χ0) is 19.4. The number of nitrogens with one attached hydrogen (secondary N) is 3. The van der Waals surface area contributed by atoms with Crippen molar-refractivity contribution in [2.45, 2.75) is 6.92 Å². The molecule has 3 aromatic rings. The number of aromatic amines is 1. The number of ether oxygens (including phenoxy) is 2. The topological polar surface area (TPSA) is 88.3 Å². The quantitative estimate of drug-likeness (QED) is 0.628. The van der Waals surface area contributed by atoms with Crippen LogP contribution in [-0.4, -0.2) is 30.4 Å². The van der Waals surface area contributed by atoms with Gasteiger partial charge in [-0.05, 0) is 49.4 Å². The fourth-order valence-corrected chi connectivity index (χ4v) is 2.58. The summed E-state index contributed by atoms with van der Waals surface area (Å²) in [7, 11) is 3.11. The molecule has 7 nitrogen and oxygen atoms in total. The number of methoxy groups -OCH3 is 2. The van der Waals surface area contributed by atoms with Crippen LogP contribution in [0.5, 0.6) is 11.5 Å². The molecule has 0 spiro atoms. The average molecular weight is 370 g/mol. The lowest BCUT2D eigenvalue weighted by molar-refractivity contribution is 0.262. The number of hydrogen-bond donors (Lipinski definition) is 3. The van der Waals surface area contributed by atoms with Crippen molar-refractivity contribution < 1.29 is 18.7 Å². The minimum absolute atomic E-state index is 0.373. The summed E-state index contributed by atoms with van der Waals surface area (Å²) in [6.45, 7) is 1.80. The van der Waals surface area contributed by atoms with Gasteiger partial charge in [-0.3, -0.25) is 5.10 Å². The summed E-state index contributed by atoms with van der Waals surface area (Å²) in [6, 6.07) is 10.4. The Kier molecular flexibility index (Phi) is 5.25. The Hall–Kier alpha value is -3.55. The van der Waals surface area contributed by atoms with Crippen molar-refractivity contribution in [2.24, 2.45) is 0 Å². The smallest absolute Gasteiger partial charge is 0.323 e. The lowest BCUT2D eigenvalue weighted by Crippen LogP contribution is -2.20. The summed E-state index contributed by atoms with van der Waals surface area (Å²) < 4.78 is 23.5. The lowest BCUT2D eigenvalue weighted by Gasteiger charge is -2.11. The summed E-state index contributed by atoms with van der Waals surface area (Å²) in [5.74, 6) is 0.775. The van der Waals surface area contributed by atoms with Crippen LogP contribution < -0.4 is 20.1 Å². The van der Waals surface area contributed by atoms with Crippen molar-refractivity contribution >= 4 is 17.4 Å². The van der Waals surface area contributed by atoms with E-state index in [2.05, 4.69) is 20.8 Å². The minimum Gasteiger partial charge on any atom is -0.493 e. The number of anilines is 2. The van der Waals surface area contributed by atoms with E-state index in [1.165, 1.54) is 24.3 Å². The number of aromatic nitrogens is 2. The van der Waals surface area contributed by atoms with Crippen molar-refractivity contribution in [3.05, 3.63) is 54.0 Å². The number of carbonyl (C=O) groups excluding carboxylic acids is 1. The lowest BCUT2D eigenvalue weighted by atomic mass is 10.1. The highest BCUT2D eigenvalue weighted by Crippen LogP contribution is 2.35. The monoisotopic (exact) mass is 370 g/mol. The molecule has 1 heterocycles. The molecule has 0 fully saturated rings. The highest BCUT2D eigenvalue weighted by Gasteiger charge is 2.17. The number of halogens is 1. The predicted molar refractivity (Wildman–Crippen MR) is 101 cm³/mol. The molecule has 2 amide bonds. The van der Waals surface area contributed by atoms with Crippen LogP contribution in [0.15, 0.2) is 42.5 Å². The summed E-state index contributed by atoms with van der Waals surface area (Å²) >= 11 is 0. The molecule has 0 unspecified atom stereocenters. The first kappa shape index (κ1) is 18.2. The summed E-state index contributed by atoms with van der Waals surface area (Å²) in [4.78, 5) is 12.3. The molecule has 0 aliphatic carbocycles. The average Bonchev–Trinajstić information content (AvgIpc) is 3.03. The van der Waals surface area contributed by atoms with Gasteiger partial charge >= 0.3 is 6.03 Å². The number of H-pyrrole nitrogens is 1. The molecule has 0 saturated heterocycles. The number of benzene rings is 2. The Labute approximate surface area is 155 Å². The molecule has 3 N–H and O–H groups in total. The number of rotatable bonds is 5. The summed E-state index contributed by atoms with van der Waals surface area (Å²) in [5, 5.41) is 12.6. The molecular weight excluding hydrogens is 351 g/mol. The van der Waals surface area contributed by atoms with Crippen LogP contribution in [0.2, 0.25) is 0 Å². The Morgan fingerprint density at radius 2 is 1.74 bits per heavy atom. The van der Waals surface area contributed by atoms with Crippen LogP contribution >= 0.6 is 0 Å². The second-order valence-corrected chi connectivity index (χ2v) is 5.73. The molecule has 0 radical (unpaired) electrons. The molecule has 140 valence electrons. The Bertz CT molecular complexity index is 954. The fraction of sp³-hybridized carbons (Fsp3) is 0.158. The normalized spacial score (nSPS) is 10.4. The Balaban J connectivity index is 1.84. The molecule has 8 heteroatoms. The zero-order valence-electron chi connectivity index (χ0n) is 15.1. The van der Waals surface area contributed by atoms with Gasteiger partial charge in [-0.25, -0.2) is 9.18 Å².